The number of nitrogens with zero attached hydrogens (tertiary/aromatic N) is 4. The minimum absolute atomic E-state index is 0.581. The highest BCUT2D eigenvalue weighted by Gasteiger charge is 2.16. The average molecular weight is 195 g/mol. The number of piperazine rings is 1. The van der Waals surface area contributed by atoms with E-state index in [4.69, 9.17) is 0 Å². The molecule has 0 saturated carbocycles. The van der Waals surface area contributed by atoms with Gasteiger partial charge in [-0.2, -0.15) is 0 Å². The Morgan fingerprint density at radius 1 is 1.64 bits per heavy atom. The van der Waals surface area contributed by atoms with Gasteiger partial charge in [-0.05, 0) is 6.92 Å². The van der Waals surface area contributed by atoms with Crippen LogP contribution in [0.4, 0.5) is 0 Å². The summed E-state index contributed by atoms with van der Waals surface area (Å²) in [5, 5.41) is 11.4. The van der Waals surface area contributed by atoms with E-state index in [0.717, 1.165) is 32.0 Å². The first-order valence-corrected chi connectivity index (χ1v) is 5.04. The fraction of sp³-hybridized carbons (Fsp3) is 0.778. The van der Waals surface area contributed by atoms with Crippen LogP contribution in [0, 0.1) is 0 Å². The topological polar surface area (TPSA) is 46.0 Å². The van der Waals surface area contributed by atoms with Gasteiger partial charge in [0.25, 0.3) is 0 Å². The van der Waals surface area contributed by atoms with E-state index in [1.807, 2.05) is 11.6 Å². The molecule has 0 aliphatic carbocycles. The van der Waals surface area contributed by atoms with Crippen LogP contribution >= 0.6 is 0 Å². The number of hydrogen-bond donors (Lipinski definition) is 1. The fourth-order valence-electron chi connectivity index (χ4n) is 1.81. The summed E-state index contributed by atoms with van der Waals surface area (Å²) >= 11 is 0. The van der Waals surface area contributed by atoms with Gasteiger partial charge in [0.15, 0.2) is 0 Å². The molecule has 5 nitrogen and oxygen atoms in total. The first kappa shape index (κ1) is 9.61. The molecule has 0 radical (unpaired) electrons. The molecule has 0 amide bonds. The minimum Gasteiger partial charge on any atom is -0.320 e. The van der Waals surface area contributed by atoms with Crippen LogP contribution in [-0.2, 0) is 13.6 Å². The lowest BCUT2D eigenvalue weighted by Crippen LogP contribution is -2.48. The second-order valence-corrected chi connectivity index (χ2v) is 3.95. The normalized spacial score (nSPS) is 24.0. The largest absolute Gasteiger partial charge is 0.320 e. The molecular formula is C9H17N5. The molecule has 1 saturated heterocycles. The first-order chi connectivity index (χ1) is 6.75. The zero-order chi connectivity index (χ0) is 9.97. The molecule has 1 fully saturated rings. The standard InChI is InChI=1S/C9H17N5/c1-8-5-14(4-3-10-8)6-9-12-11-7-13(9)2/h7-8,10H,3-6H2,1-2H3. The molecule has 1 aliphatic heterocycles. The Hall–Kier alpha value is -0.940. The van der Waals surface area contributed by atoms with Crippen molar-refractivity contribution >= 4 is 0 Å². The summed E-state index contributed by atoms with van der Waals surface area (Å²) in [5.74, 6) is 1.04. The Balaban J connectivity index is 1.94. The highest BCUT2D eigenvalue weighted by atomic mass is 15.3. The van der Waals surface area contributed by atoms with E-state index in [1.54, 1.807) is 6.33 Å². The van der Waals surface area contributed by atoms with Crippen molar-refractivity contribution in [2.24, 2.45) is 7.05 Å². The van der Waals surface area contributed by atoms with Gasteiger partial charge in [-0.15, -0.1) is 10.2 Å². The smallest absolute Gasteiger partial charge is 0.146 e. The van der Waals surface area contributed by atoms with Gasteiger partial charge in [-0.3, -0.25) is 4.90 Å². The Morgan fingerprint density at radius 3 is 3.14 bits per heavy atom. The summed E-state index contributed by atoms with van der Waals surface area (Å²) in [7, 11) is 1.99. The molecule has 2 heterocycles. The van der Waals surface area contributed by atoms with E-state index >= 15 is 0 Å². The van der Waals surface area contributed by atoms with Crippen LogP contribution in [0.15, 0.2) is 6.33 Å². The van der Waals surface area contributed by atoms with Crippen molar-refractivity contribution in [2.75, 3.05) is 19.6 Å². The number of rotatable bonds is 2. The molecule has 0 bridgehead atoms. The molecule has 14 heavy (non-hydrogen) atoms. The quantitative estimate of drug-likeness (QED) is 0.698. The molecule has 1 unspecified atom stereocenters. The number of aromatic nitrogens is 3. The van der Waals surface area contributed by atoms with Gasteiger partial charge in [0.05, 0.1) is 6.54 Å². The van der Waals surface area contributed by atoms with E-state index < -0.39 is 0 Å². The third kappa shape index (κ3) is 2.10. The van der Waals surface area contributed by atoms with Crippen molar-refractivity contribution in [3.63, 3.8) is 0 Å². The van der Waals surface area contributed by atoms with Crippen LogP contribution in [0.5, 0.6) is 0 Å². The van der Waals surface area contributed by atoms with E-state index in [1.165, 1.54) is 0 Å². The van der Waals surface area contributed by atoms with E-state index in [-0.39, 0.29) is 0 Å². The highest BCUT2D eigenvalue weighted by Crippen LogP contribution is 2.03. The second kappa shape index (κ2) is 4.06. The van der Waals surface area contributed by atoms with Gasteiger partial charge in [0.1, 0.15) is 12.2 Å². The fourth-order valence-corrected chi connectivity index (χ4v) is 1.81. The third-order valence-electron chi connectivity index (χ3n) is 2.62. The lowest BCUT2D eigenvalue weighted by Gasteiger charge is -2.31. The summed E-state index contributed by atoms with van der Waals surface area (Å²) in [6.45, 7) is 6.37. The van der Waals surface area contributed by atoms with Crippen LogP contribution in [0.2, 0.25) is 0 Å². The molecule has 78 valence electrons. The zero-order valence-electron chi connectivity index (χ0n) is 8.77. The number of hydrogen-bond acceptors (Lipinski definition) is 4. The SMILES string of the molecule is CC1CN(Cc2nncn2C)CCN1. The minimum atomic E-state index is 0.581. The molecule has 1 atom stereocenters. The van der Waals surface area contributed by atoms with Gasteiger partial charge < -0.3 is 9.88 Å². The summed E-state index contributed by atoms with van der Waals surface area (Å²) in [6.07, 6.45) is 1.75. The first-order valence-electron chi connectivity index (χ1n) is 5.04. The predicted molar refractivity (Wildman–Crippen MR) is 53.7 cm³/mol. The molecule has 1 aromatic heterocycles. The summed E-state index contributed by atoms with van der Waals surface area (Å²) in [5.41, 5.74) is 0. The molecular weight excluding hydrogens is 178 g/mol. The number of aryl methyl sites for hydroxylation is 1. The van der Waals surface area contributed by atoms with Crippen molar-refractivity contribution in [2.45, 2.75) is 19.5 Å². The molecule has 2 rings (SSSR count). The molecule has 1 aromatic rings. The lowest BCUT2D eigenvalue weighted by atomic mass is 10.2. The third-order valence-corrected chi connectivity index (χ3v) is 2.62. The number of nitrogens with one attached hydrogen (secondary N) is 1. The van der Waals surface area contributed by atoms with Crippen molar-refractivity contribution in [3.05, 3.63) is 12.2 Å². The van der Waals surface area contributed by atoms with Gasteiger partial charge in [0.2, 0.25) is 0 Å². The predicted octanol–water partition coefficient (Wildman–Crippen LogP) is -0.391. The van der Waals surface area contributed by atoms with Gasteiger partial charge in [-0.1, -0.05) is 0 Å². The van der Waals surface area contributed by atoms with Gasteiger partial charge >= 0.3 is 0 Å². The molecule has 0 aromatic carbocycles. The Bertz CT molecular complexity index is 295. The maximum atomic E-state index is 4.09. The molecule has 1 aliphatic rings. The van der Waals surface area contributed by atoms with E-state index in [0.29, 0.717) is 6.04 Å². The summed E-state index contributed by atoms with van der Waals surface area (Å²) in [4.78, 5) is 2.41. The molecule has 5 heteroatoms. The van der Waals surface area contributed by atoms with Gasteiger partial charge in [0, 0.05) is 32.7 Å². The van der Waals surface area contributed by atoms with Crippen molar-refractivity contribution in [3.8, 4) is 0 Å². The monoisotopic (exact) mass is 195 g/mol. The van der Waals surface area contributed by atoms with Crippen LogP contribution in [0.25, 0.3) is 0 Å². The van der Waals surface area contributed by atoms with Crippen LogP contribution in [-0.4, -0.2) is 45.3 Å². The second-order valence-electron chi connectivity index (χ2n) is 3.95. The highest BCUT2D eigenvalue weighted by molar-refractivity contribution is 4.86. The Morgan fingerprint density at radius 2 is 2.50 bits per heavy atom. The summed E-state index contributed by atoms with van der Waals surface area (Å²) < 4.78 is 1.98. The van der Waals surface area contributed by atoms with E-state index in [9.17, 15) is 0 Å². The van der Waals surface area contributed by atoms with Crippen LogP contribution in [0.3, 0.4) is 0 Å². The Kier molecular flexibility index (Phi) is 2.79. The van der Waals surface area contributed by atoms with Crippen LogP contribution < -0.4 is 5.32 Å². The average Bonchev–Trinajstić information content (AvgIpc) is 2.52. The lowest BCUT2D eigenvalue weighted by molar-refractivity contribution is 0.193. The zero-order valence-corrected chi connectivity index (χ0v) is 8.77. The van der Waals surface area contributed by atoms with Crippen molar-refractivity contribution in [1.82, 2.24) is 25.0 Å². The maximum absolute atomic E-state index is 4.09. The van der Waals surface area contributed by atoms with E-state index in [2.05, 4.69) is 27.3 Å². The molecule has 0 spiro atoms. The molecule has 1 N–H and O–H groups in total. The van der Waals surface area contributed by atoms with Crippen molar-refractivity contribution in [1.29, 1.82) is 0 Å². The van der Waals surface area contributed by atoms with Gasteiger partial charge in [-0.25, -0.2) is 0 Å². The summed E-state index contributed by atoms with van der Waals surface area (Å²) in [6, 6.07) is 0.581. The maximum Gasteiger partial charge on any atom is 0.146 e. The van der Waals surface area contributed by atoms with Crippen LogP contribution in [0.1, 0.15) is 12.7 Å². The van der Waals surface area contributed by atoms with Crippen molar-refractivity contribution < 1.29 is 0 Å². The Labute approximate surface area is 84.1 Å².